The maximum absolute atomic E-state index is 10.1. The standard InChI is InChI=1S/C5H6N2.C4H7NO/c1-2-7-4-3-6-5-7;6-4-2-1-3-5-4/h2-5H,1H2;1-3H2,(H,5,6)/p+1. The van der Waals surface area contributed by atoms with Crippen LogP contribution in [0.3, 0.4) is 0 Å². The first-order valence-corrected chi connectivity index (χ1v) is 4.25. The summed E-state index contributed by atoms with van der Waals surface area (Å²) < 4.78 is 1.83. The second-order valence-corrected chi connectivity index (χ2v) is 2.69. The summed E-state index contributed by atoms with van der Waals surface area (Å²) >= 11 is 0. The number of rotatable bonds is 1. The largest absolute Gasteiger partial charge is 0.356 e. The van der Waals surface area contributed by atoms with Gasteiger partial charge in [0.05, 0.1) is 6.20 Å². The molecule has 2 rings (SSSR count). The molecule has 1 amide bonds. The number of amides is 1. The van der Waals surface area contributed by atoms with Crippen LogP contribution < -0.4 is 9.88 Å². The highest BCUT2D eigenvalue weighted by molar-refractivity contribution is 5.77. The van der Waals surface area contributed by atoms with Gasteiger partial charge in [0.15, 0.2) is 0 Å². The predicted molar refractivity (Wildman–Crippen MR) is 49.6 cm³/mol. The van der Waals surface area contributed by atoms with Gasteiger partial charge in [0.1, 0.15) is 12.4 Å². The van der Waals surface area contributed by atoms with E-state index in [9.17, 15) is 4.79 Å². The normalized spacial score (nSPS) is 14.3. The van der Waals surface area contributed by atoms with E-state index in [1.54, 1.807) is 6.20 Å². The molecule has 4 heteroatoms. The lowest BCUT2D eigenvalue weighted by atomic mass is 10.4. The van der Waals surface area contributed by atoms with Crippen molar-refractivity contribution in [1.82, 2.24) is 10.3 Å². The van der Waals surface area contributed by atoms with E-state index in [1.165, 1.54) is 0 Å². The monoisotopic (exact) mass is 180 g/mol. The lowest BCUT2D eigenvalue weighted by molar-refractivity contribution is -0.566. The molecule has 1 saturated heterocycles. The fourth-order valence-corrected chi connectivity index (χ4v) is 0.980. The molecule has 70 valence electrons. The van der Waals surface area contributed by atoms with Crippen molar-refractivity contribution in [2.45, 2.75) is 12.8 Å². The molecule has 1 aliphatic heterocycles. The number of nitrogens with zero attached hydrogens (tertiary/aromatic N) is 1. The van der Waals surface area contributed by atoms with E-state index in [-0.39, 0.29) is 5.91 Å². The number of aromatic nitrogens is 2. The smallest absolute Gasteiger partial charge is 0.246 e. The van der Waals surface area contributed by atoms with Crippen molar-refractivity contribution in [2.75, 3.05) is 6.54 Å². The second kappa shape index (κ2) is 5.13. The fraction of sp³-hybridized carbons (Fsp3) is 0.333. The molecule has 0 atom stereocenters. The summed E-state index contributed by atoms with van der Waals surface area (Å²) in [5.41, 5.74) is 0. The van der Waals surface area contributed by atoms with Gasteiger partial charge in [0, 0.05) is 13.0 Å². The molecule has 4 nitrogen and oxygen atoms in total. The van der Waals surface area contributed by atoms with Crippen LogP contribution in [0, 0.1) is 0 Å². The van der Waals surface area contributed by atoms with Gasteiger partial charge in [-0.25, -0.2) is 9.55 Å². The Morgan fingerprint density at radius 3 is 2.69 bits per heavy atom. The first-order valence-electron chi connectivity index (χ1n) is 4.25. The van der Waals surface area contributed by atoms with Crippen LogP contribution in [0.5, 0.6) is 0 Å². The average Bonchev–Trinajstić information content (AvgIpc) is 2.76. The van der Waals surface area contributed by atoms with E-state index in [0.29, 0.717) is 0 Å². The Hall–Kier alpha value is -1.58. The Kier molecular flexibility index (Phi) is 3.75. The average molecular weight is 180 g/mol. The van der Waals surface area contributed by atoms with Crippen LogP contribution >= 0.6 is 0 Å². The first-order chi connectivity index (χ1) is 6.33. The number of carbonyl (C=O) groups excluding carboxylic acids is 1. The summed E-state index contributed by atoms with van der Waals surface area (Å²) in [5, 5.41) is 2.68. The van der Waals surface area contributed by atoms with Crippen molar-refractivity contribution in [1.29, 1.82) is 0 Å². The Morgan fingerprint density at radius 1 is 1.62 bits per heavy atom. The third-order valence-corrected chi connectivity index (χ3v) is 1.68. The van der Waals surface area contributed by atoms with E-state index < -0.39 is 0 Å². The molecule has 0 aliphatic carbocycles. The van der Waals surface area contributed by atoms with Crippen molar-refractivity contribution in [3.05, 3.63) is 25.3 Å². The number of nitrogens with one attached hydrogen (secondary N) is 2. The van der Waals surface area contributed by atoms with Gasteiger partial charge in [-0.3, -0.25) is 4.79 Å². The van der Waals surface area contributed by atoms with Gasteiger partial charge in [-0.15, -0.1) is 0 Å². The van der Waals surface area contributed by atoms with Gasteiger partial charge in [0.25, 0.3) is 0 Å². The van der Waals surface area contributed by atoms with E-state index in [2.05, 4.69) is 16.9 Å². The van der Waals surface area contributed by atoms with Crippen LogP contribution in [0.15, 0.2) is 25.3 Å². The van der Waals surface area contributed by atoms with Crippen molar-refractivity contribution in [3.8, 4) is 0 Å². The van der Waals surface area contributed by atoms with Crippen molar-refractivity contribution in [2.24, 2.45) is 0 Å². The summed E-state index contributed by atoms with van der Waals surface area (Å²) in [6.45, 7) is 4.43. The Bertz CT molecular complexity index is 258. The van der Waals surface area contributed by atoms with Crippen LogP contribution in [-0.4, -0.2) is 17.4 Å². The summed E-state index contributed by atoms with van der Waals surface area (Å²) in [7, 11) is 0. The van der Waals surface area contributed by atoms with Crippen molar-refractivity contribution >= 4 is 12.1 Å². The van der Waals surface area contributed by atoms with E-state index in [4.69, 9.17) is 0 Å². The zero-order chi connectivity index (χ0) is 9.52. The van der Waals surface area contributed by atoms with Crippen molar-refractivity contribution in [3.63, 3.8) is 0 Å². The minimum atomic E-state index is 0.204. The van der Waals surface area contributed by atoms with Gasteiger partial charge in [-0.05, 0) is 6.42 Å². The van der Waals surface area contributed by atoms with Crippen LogP contribution in [0.25, 0.3) is 6.20 Å². The Morgan fingerprint density at radius 2 is 2.46 bits per heavy atom. The second-order valence-electron chi connectivity index (χ2n) is 2.69. The summed E-state index contributed by atoms with van der Waals surface area (Å²) in [6, 6.07) is 0. The molecular weight excluding hydrogens is 166 g/mol. The zero-order valence-corrected chi connectivity index (χ0v) is 7.49. The summed E-state index contributed by atoms with van der Waals surface area (Å²) in [5.74, 6) is 0.204. The molecule has 2 heterocycles. The van der Waals surface area contributed by atoms with Crippen molar-refractivity contribution < 1.29 is 9.36 Å². The molecule has 1 fully saturated rings. The van der Waals surface area contributed by atoms with Crippen LogP contribution in [-0.2, 0) is 4.79 Å². The summed E-state index contributed by atoms with van der Waals surface area (Å²) in [4.78, 5) is 13.0. The zero-order valence-electron chi connectivity index (χ0n) is 7.49. The highest BCUT2D eigenvalue weighted by atomic mass is 16.1. The Balaban J connectivity index is 0.000000132. The molecule has 0 aromatic carbocycles. The topological polar surface area (TPSA) is 48.8 Å². The lowest BCUT2D eigenvalue weighted by Gasteiger charge is -1.80. The van der Waals surface area contributed by atoms with Gasteiger partial charge in [0.2, 0.25) is 12.2 Å². The predicted octanol–water partition coefficient (Wildman–Crippen LogP) is 0.299. The maximum atomic E-state index is 10.1. The van der Waals surface area contributed by atoms with Gasteiger partial charge >= 0.3 is 0 Å². The molecule has 0 radical (unpaired) electrons. The molecule has 0 bridgehead atoms. The number of hydrogen-bond donors (Lipinski definition) is 2. The van der Waals surface area contributed by atoms with Crippen LogP contribution in [0.4, 0.5) is 0 Å². The SMILES string of the molecule is C=C[n+]1cc[nH]c1.O=C1CCCN1. The molecular formula is C9H14N3O+. The highest BCUT2D eigenvalue weighted by Gasteiger charge is 2.05. The third-order valence-electron chi connectivity index (χ3n) is 1.68. The minimum absolute atomic E-state index is 0.204. The quantitative estimate of drug-likeness (QED) is 0.600. The number of imidazole rings is 1. The Labute approximate surface area is 77.3 Å². The van der Waals surface area contributed by atoms with E-state index in [1.807, 2.05) is 23.3 Å². The number of H-pyrrole nitrogens is 1. The highest BCUT2D eigenvalue weighted by Crippen LogP contribution is 1.93. The van der Waals surface area contributed by atoms with E-state index >= 15 is 0 Å². The lowest BCUT2D eigenvalue weighted by Crippen LogP contribution is -2.19. The molecule has 1 aliphatic rings. The molecule has 0 unspecified atom stereocenters. The molecule has 13 heavy (non-hydrogen) atoms. The molecule has 2 N–H and O–H groups in total. The number of carbonyl (C=O) groups is 1. The molecule has 1 aromatic heterocycles. The third kappa shape index (κ3) is 3.55. The number of hydrogen-bond acceptors (Lipinski definition) is 1. The number of aromatic amines is 1. The molecule has 0 saturated carbocycles. The first kappa shape index (κ1) is 9.51. The molecule has 1 aromatic rings. The van der Waals surface area contributed by atoms with Crippen LogP contribution in [0.2, 0.25) is 0 Å². The van der Waals surface area contributed by atoms with Crippen LogP contribution in [0.1, 0.15) is 12.8 Å². The van der Waals surface area contributed by atoms with Gasteiger partial charge in [-0.2, -0.15) is 0 Å². The fourth-order valence-electron chi connectivity index (χ4n) is 0.980. The van der Waals surface area contributed by atoms with Gasteiger partial charge in [-0.1, -0.05) is 6.58 Å². The molecule has 0 spiro atoms. The maximum Gasteiger partial charge on any atom is 0.246 e. The summed E-state index contributed by atoms with van der Waals surface area (Å²) in [6.07, 6.45) is 9.01. The minimum Gasteiger partial charge on any atom is -0.356 e. The van der Waals surface area contributed by atoms with Gasteiger partial charge < -0.3 is 5.32 Å². The van der Waals surface area contributed by atoms with E-state index in [0.717, 1.165) is 19.4 Å².